The van der Waals surface area contributed by atoms with Gasteiger partial charge in [0.2, 0.25) is 0 Å². The van der Waals surface area contributed by atoms with E-state index in [2.05, 4.69) is 10.2 Å². The normalized spacial score (nSPS) is 16.6. The van der Waals surface area contributed by atoms with Crippen molar-refractivity contribution in [1.82, 2.24) is 15.1 Å². The van der Waals surface area contributed by atoms with Crippen LogP contribution in [0.2, 0.25) is 5.02 Å². The summed E-state index contributed by atoms with van der Waals surface area (Å²) in [6.07, 6.45) is 0.452. The van der Waals surface area contributed by atoms with Crippen LogP contribution in [0.5, 0.6) is 5.75 Å². The molecule has 1 aliphatic heterocycles. The molecule has 29 heavy (non-hydrogen) atoms. The SMILES string of the molecule is O=C(c1ccccc1)N1CCOC(c2cc(CCOc3ccc(Cl)cc3)[nH]n2)C1. The highest BCUT2D eigenvalue weighted by molar-refractivity contribution is 6.30. The van der Waals surface area contributed by atoms with Gasteiger partial charge in [-0.3, -0.25) is 9.89 Å². The fraction of sp³-hybridized carbons (Fsp3) is 0.273. The van der Waals surface area contributed by atoms with E-state index in [1.807, 2.05) is 53.4 Å². The molecule has 4 rings (SSSR count). The predicted octanol–water partition coefficient (Wildman–Crippen LogP) is 3.90. The van der Waals surface area contributed by atoms with Crippen molar-refractivity contribution in [1.29, 1.82) is 0 Å². The van der Waals surface area contributed by atoms with E-state index in [-0.39, 0.29) is 12.0 Å². The molecule has 0 aliphatic carbocycles. The molecular weight excluding hydrogens is 390 g/mol. The van der Waals surface area contributed by atoms with Gasteiger partial charge in [-0.25, -0.2) is 0 Å². The van der Waals surface area contributed by atoms with Gasteiger partial charge in [-0.2, -0.15) is 5.10 Å². The molecule has 0 saturated carbocycles. The second-order valence-electron chi connectivity index (χ2n) is 6.85. The lowest BCUT2D eigenvalue weighted by Crippen LogP contribution is -2.42. The van der Waals surface area contributed by atoms with Crippen molar-refractivity contribution < 1.29 is 14.3 Å². The number of nitrogens with one attached hydrogen (secondary N) is 1. The van der Waals surface area contributed by atoms with Gasteiger partial charge in [0, 0.05) is 29.2 Å². The third kappa shape index (κ3) is 4.96. The minimum Gasteiger partial charge on any atom is -0.493 e. The average molecular weight is 412 g/mol. The van der Waals surface area contributed by atoms with E-state index in [0.29, 0.717) is 43.3 Å². The maximum atomic E-state index is 12.7. The van der Waals surface area contributed by atoms with E-state index in [9.17, 15) is 4.79 Å². The number of rotatable bonds is 6. The molecule has 1 aromatic heterocycles. The van der Waals surface area contributed by atoms with E-state index < -0.39 is 0 Å². The number of carbonyl (C=O) groups is 1. The fourth-order valence-electron chi connectivity index (χ4n) is 3.26. The summed E-state index contributed by atoms with van der Waals surface area (Å²) in [5.41, 5.74) is 2.45. The molecule has 1 N–H and O–H groups in total. The van der Waals surface area contributed by atoms with Crippen molar-refractivity contribution >= 4 is 17.5 Å². The molecular formula is C22H22ClN3O3. The van der Waals surface area contributed by atoms with Crippen molar-refractivity contribution in [2.75, 3.05) is 26.3 Å². The zero-order valence-electron chi connectivity index (χ0n) is 15.9. The summed E-state index contributed by atoms with van der Waals surface area (Å²) in [6.45, 7) is 2.08. The maximum absolute atomic E-state index is 12.7. The molecule has 0 spiro atoms. The van der Waals surface area contributed by atoms with Crippen LogP contribution < -0.4 is 4.74 Å². The van der Waals surface area contributed by atoms with E-state index >= 15 is 0 Å². The number of hydrogen-bond acceptors (Lipinski definition) is 4. The van der Waals surface area contributed by atoms with Gasteiger partial charge < -0.3 is 14.4 Å². The Morgan fingerprint density at radius 1 is 1.21 bits per heavy atom. The summed E-state index contributed by atoms with van der Waals surface area (Å²) in [7, 11) is 0. The lowest BCUT2D eigenvalue weighted by Gasteiger charge is -2.32. The van der Waals surface area contributed by atoms with Crippen LogP contribution in [-0.2, 0) is 11.2 Å². The molecule has 1 aliphatic rings. The van der Waals surface area contributed by atoms with Crippen LogP contribution in [0.1, 0.15) is 27.8 Å². The molecule has 2 aromatic carbocycles. The van der Waals surface area contributed by atoms with Crippen LogP contribution in [0.3, 0.4) is 0 Å². The molecule has 1 saturated heterocycles. The smallest absolute Gasteiger partial charge is 0.254 e. The number of morpholine rings is 1. The number of amides is 1. The van der Waals surface area contributed by atoms with E-state index in [4.69, 9.17) is 21.1 Å². The Labute approximate surface area is 174 Å². The number of aromatic nitrogens is 2. The third-order valence-electron chi connectivity index (χ3n) is 4.81. The number of aromatic amines is 1. The number of carbonyl (C=O) groups excluding carboxylic acids is 1. The van der Waals surface area contributed by atoms with Gasteiger partial charge in [0.05, 0.1) is 25.5 Å². The molecule has 0 bridgehead atoms. The van der Waals surface area contributed by atoms with Crippen LogP contribution in [-0.4, -0.2) is 47.3 Å². The van der Waals surface area contributed by atoms with Gasteiger partial charge in [-0.15, -0.1) is 0 Å². The van der Waals surface area contributed by atoms with Gasteiger partial charge in [0.15, 0.2) is 0 Å². The largest absolute Gasteiger partial charge is 0.493 e. The van der Waals surface area contributed by atoms with Crippen molar-refractivity contribution in [3.05, 3.63) is 82.6 Å². The number of ether oxygens (including phenoxy) is 2. The fourth-order valence-corrected chi connectivity index (χ4v) is 3.38. The molecule has 1 atom stereocenters. The first kappa shape index (κ1) is 19.5. The van der Waals surface area contributed by atoms with Crippen LogP contribution >= 0.6 is 11.6 Å². The first-order chi connectivity index (χ1) is 14.2. The Morgan fingerprint density at radius 2 is 2.00 bits per heavy atom. The molecule has 3 aromatic rings. The number of hydrogen-bond donors (Lipinski definition) is 1. The zero-order valence-corrected chi connectivity index (χ0v) is 16.6. The Bertz CT molecular complexity index is 943. The van der Waals surface area contributed by atoms with E-state index in [1.54, 1.807) is 12.1 Å². The highest BCUT2D eigenvalue weighted by Crippen LogP contribution is 2.23. The maximum Gasteiger partial charge on any atom is 0.254 e. The molecule has 1 fully saturated rings. The Balaban J connectivity index is 1.32. The summed E-state index contributed by atoms with van der Waals surface area (Å²) in [6, 6.07) is 18.6. The highest BCUT2D eigenvalue weighted by Gasteiger charge is 2.27. The summed E-state index contributed by atoms with van der Waals surface area (Å²) in [4.78, 5) is 14.5. The van der Waals surface area contributed by atoms with E-state index in [0.717, 1.165) is 17.1 Å². The molecule has 6 nitrogen and oxygen atoms in total. The van der Waals surface area contributed by atoms with Crippen molar-refractivity contribution in [2.45, 2.75) is 12.5 Å². The predicted molar refractivity (Wildman–Crippen MR) is 110 cm³/mol. The minimum atomic E-state index is -0.237. The van der Waals surface area contributed by atoms with Gasteiger partial charge in [0.1, 0.15) is 11.9 Å². The second kappa shape index (κ2) is 9.11. The second-order valence-corrected chi connectivity index (χ2v) is 7.28. The van der Waals surface area contributed by atoms with E-state index in [1.165, 1.54) is 0 Å². The molecule has 150 valence electrons. The monoisotopic (exact) mass is 411 g/mol. The zero-order chi connectivity index (χ0) is 20.1. The van der Waals surface area contributed by atoms with Gasteiger partial charge >= 0.3 is 0 Å². The van der Waals surface area contributed by atoms with Crippen LogP contribution in [0, 0.1) is 0 Å². The summed E-state index contributed by atoms with van der Waals surface area (Å²) in [5.74, 6) is 0.797. The third-order valence-corrected chi connectivity index (χ3v) is 5.06. The lowest BCUT2D eigenvalue weighted by atomic mass is 10.1. The van der Waals surface area contributed by atoms with Gasteiger partial charge in [0.25, 0.3) is 5.91 Å². The molecule has 2 heterocycles. The standard InChI is InChI=1S/C22H22ClN3O3/c23-17-6-8-19(9-7-17)28-12-10-18-14-20(25-24-18)21-15-26(11-13-29-21)22(27)16-4-2-1-3-5-16/h1-9,14,21H,10-13,15H2,(H,24,25). The molecule has 1 amide bonds. The molecule has 1 unspecified atom stereocenters. The van der Waals surface area contributed by atoms with Crippen molar-refractivity contribution in [3.8, 4) is 5.75 Å². The summed E-state index contributed by atoms with van der Waals surface area (Å²) < 4.78 is 11.6. The Morgan fingerprint density at radius 3 is 2.79 bits per heavy atom. The number of halogens is 1. The Hall–Kier alpha value is -2.83. The highest BCUT2D eigenvalue weighted by atomic mass is 35.5. The number of H-pyrrole nitrogens is 1. The van der Waals surface area contributed by atoms with Crippen LogP contribution in [0.25, 0.3) is 0 Å². The quantitative estimate of drug-likeness (QED) is 0.668. The van der Waals surface area contributed by atoms with Crippen LogP contribution in [0.4, 0.5) is 0 Å². The first-order valence-electron chi connectivity index (χ1n) is 9.57. The van der Waals surface area contributed by atoms with Crippen molar-refractivity contribution in [2.24, 2.45) is 0 Å². The topological polar surface area (TPSA) is 67.5 Å². The minimum absolute atomic E-state index is 0.0195. The molecule has 0 radical (unpaired) electrons. The Kier molecular flexibility index (Phi) is 6.12. The number of nitrogens with zero attached hydrogens (tertiary/aromatic N) is 2. The summed E-state index contributed by atoms with van der Waals surface area (Å²) in [5, 5.41) is 8.11. The molecule has 7 heteroatoms. The van der Waals surface area contributed by atoms with Gasteiger partial charge in [-0.05, 0) is 42.5 Å². The van der Waals surface area contributed by atoms with Gasteiger partial charge in [-0.1, -0.05) is 29.8 Å². The first-order valence-corrected chi connectivity index (χ1v) is 9.95. The van der Waals surface area contributed by atoms with Crippen LogP contribution in [0.15, 0.2) is 60.7 Å². The lowest BCUT2D eigenvalue weighted by molar-refractivity contribution is -0.0247. The summed E-state index contributed by atoms with van der Waals surface area (Å²) >= 11 is 5.88. The number of benzene rings is 2. The average Bonchev–Trinajstić information content (AvgIpc) is 3.24. The van der Waals surface area contributed by atoms with Crippen molar-refractivity contribution in [3.63, 3.8) is 0 Å².